The molecule has 27 heavy (non-hydrogen) atoms. The molecule has 2 unspecified atom stereocenters. The molecule has 1 heterocycles. The second-order valence-electron chi connectivity index (χ2n) is 7.15. The van der Waals surface area contributed by atoms with Crippen molar-refractivity contribution in [2.24, 2.45) is 16.6 Å². The predicted molar refractivity (Wildman–Crippen MR) is 110 cm³/mol. The number of hydrogen-bond acceptors (Lipinski definition) is 5. The largest absolute Gasteiger partial charge is 0.399 e. The topological polar surface area (TPSA) is 93.5 Å². The third-order valence-electron chi connectivity index (χ3n) is 4.98. The summed E-state index contributed by atoms with van der Waals surface area (Å²) >= 11 is 1.49. The number of alkyl halides is 1. The molecule has 0 saturated carbocycles. The van der Waals surface area contributed by atoms with Crippen molar-refractivity contribution in [3.8, 4) is 0 Å². The highest BCUT2D eigenvalue weighted by molar-refractivity contribution is 8.13. The number of allylic oxidation sites excluding steroid dienone is 2. The summed E-state index contributed by atoms with van der Waals surface area (Å²) < 4.78 is 14.6. The fraction of sp³-hybridized carbons (Fsp3) is 0.400. The Balaban J connectivity index is 1.64. The van der Waals surface area contributed by atoms with Gasteiger partial charge in [-0.05, 0) is 49.6 Å². The molecule has 1 aromatic carbocycles. The van der Waals surface area contributed by atoms with E-state index in [0.29, 0.717) is 29.4 Å². The number of nitrogens with one attached hydrogen (secondary N) is 1. The van der Waals surface area contributed by atoms with E-state index in [2.05, 4.69) is 10.3 Å². The number of nitrogens with zero attached hydrogens (tertiary/aromatic N) is 1. The van der Waals surface area contributed by atoms with Crippen LogP contribution in [0.25, 0.3) is 0 Å². The molecule has 1 aliphatic carbocycles. The number of carbonyl (C=O) groups is 1. The molecule has 0 saturated heterocycles. The molecule has 5 nitrogen and oxygen atoms in total. The van der Waals surface area contributed by atoms with E-state index in [1.54, 1.807) is 12.2 Å². The van der Waals surface area contributed by atoms with Gasteiger partial charge in [0.05, 0.1) is 5.54 Å². The summed E-state index contributed by atoms with van der Waals surface area (Å²) in [7, 11) is 0. The summed E-state index contributed by atoms with van der Waals surface area (Å²) in [4.78, 5) is 16.8. The standard InChI is InChI=1S/C20H25FN4OS/c1-20(9-10-27-19(23)25-20)16-12-15(6-7-17(16)21)24-18(26)8-5-13-3-2-4-14(22)11-13/h2-4,6-7,11-12,16-17H,5,8-10,22H2,1H3,(H2,23,25)(H,24,26)/t16?,17?,20-/m0/s1. The maximum absolute atomic E-state index is 14.6. The number of nitrogen functional groups attached to an aromatic ring is 1. The monoisotopic (exact) mass is 388 g/mol. The van der Waals surface area contributed by atoms with E-state index in [-0.39, 0.29) is 5.91 Å². The number of rotatable bonds is 5. The molecule has 2 aliphatic rings. The second-order valence-corrected chi connectivity index (χ2v) is 8.27. The van der Waals surface area contributed by atoms with Crippen molar-refractivity contribution < 1.29 is 9.18 Å². The lowest BCUT2D eigenvalue weighted by Crippen LogP contribution is -2.43. The maximum atomic E-state index is 14.6. The van der Waals surface area contributed by atoms with Gasteiger partial charge in [-0.1, -0.05) is 30.0 Å². The number of hydrogen-bond donors (Lipinski definition) is 3. The molecule has 3 atom stereocenters. The highest BCUT2D eigenvalue weighted by Gasteiger charge is 2.40. The van der Waals surface area contributed by atoms with Crippen LogP contribution in [-0.2, 0) is 11.2 Å². The van der Waals surface area contributed by atoms with Crippen molar-refractivity contribution in [2.75, 3.05) is 11.5 Å². The van der Waals surface area contributed by atoms with Gasteiger partial charge >= 0.3 is 0 Å². The smallest absolute Gasteiger partial charge is 0.224 e. The molecular formula is C20H25FN4OS. The van der Waals surface area contributed by atoms with Crippen LogP contribution in [0.3, 0.4) is 0 Å². The van der Waals surface area contributed by atoms with Crippen LogP contribution < -0.4 is 16.8 Å². The van der Waals surface area contributed by atoms with Gasteiger partial charge in [-0.2, -0.15) is 0 Å². The minimum Gasteiger partial charge on any atom is -0.399 e. The van der Waals surface area contributed by atoms with Gasteiger partial charge in [-0.15, -0.1) is 0 Å². The van der Waals surface area contributed by atoms with Crippen molar-refractivity contribution in [1.29, 1.82) is 0 Å². The summed E-state index contributed by atoms with van der Waals surface area (Å²) in [6.45, 7) is 1.92. The lowest BCUT2D eigenvalue weighted by molar-refractivity contribution is -0.120. The number of aryl methyl sites for hydroxylation is 1. The number of halogens is 1. The first-order chi connectivity index (χ1) is 12.9. The molecule has 0 radical (unpaired) electrons. The molecule has 144 valence electrons. The van der Waals surface area contributed by atoms with Crippen molar-refractivity contribution >= 4 is 28.5 Å². The Morgan fingerprint density at radius 2 is 2.26 bits per heavy atom. The molecule has 0 aromatic heterocycles. The summed E-state index contributed by atoms with van der Waals surface area (Å²) in [6, 6.07) is 7.49. The Labute approximate surface area is 163 Å². The third kappa shape index (κ3) is 4.91. The van der Waals surface area contributed by atoms with Gasteiger partial charge in [0.1, 0.15) is 6.17 Å². The number of nitrogens with two attached hydrogens (primary N) is 2. The van der Waals surface area contributed by atoms with Crippen molar-refractivity contribution in [3.63, 3.8) is 0 Å². The minimum atomic E-state index is -1.15. The lowest BCUT2D eigenvalue weighted by atomic mass is 9.78. The van der Waals surface area contributed by atoms with Crippen LogP contribution >= 0.6 is 11.8 Å². The van der Waals surface area contributed by atoms with Gasteiger partial charge in [0.15, 0.2) is 5.17 Å². The Morgan fingerprint density at radius 3 is 3.00 bits per heavy atom. The molecule has 1 aliphatic heterocycles. The summed E-state index contributed by atoms with van der Waals surface area (Å²) in [5.74, 6) is 0.247. The van der Waals surface area contributed by atoms with Crippen LogP contribution in [0.15, 0.2) is 53.2 Å². The molecular weight excluding hydrogens is 363 g/mol. The second kappa shape index (κ2) is 8.17. The van der Waals surface area contributed by atoms with Crippen molar-refractivity contribution in [3.05, 3.63) is 53.8 Å². The van der Waals surface area contributed by atoms with Crippen LogP contribution in [0, 0.1) is 5.92 Å². The molecule has 3 rings (SSSR count). The van der Waals surface area contributed by atoms with E-state index in [1.807, 2.05) is 31.2 Å². The molecule has 5 N–H and O–H groups in total. The SMILES string of the molecule is C[C@@]1(C2C=C(NC(=O)CCc3cccc(N)c3)C=CC2F)CCSC(N)=N1. The highest BCUT2D eigenvalue weighted by Crippen LogP contribution is 2.38. The summed E-state index contributed by atoms with van der Waals surface area (Å²) in [5, 5.41) is 3.37. The maximum Gasteiger partial charge on any atom is 0.224 e. The Hall–Kier alpha value is -2.28. The first-order valence-corrected chi connectivity index (χ1v) is 10.0. The summed E-state index contributed by atoms with van der Waals surface area (Å²) in [5.41, 5.74) is 13.3. The Kier molecular flexibility index (Phi) is 5.89. The van der Waals surface area contributed by atoms with Gasteiger partial charge < -0.3 is 16.8 Å². The van der Waals surface area contributed by atoms with Crippen LogP contribution in [0.1, 0.15) is 25.3 Å². The predicted octanol–water partition coefficient (Wildman–Crippen LogP) is 2.94. The van der Waals surface area contributed by atoms with Crippen LogP contribution in [-0.4, -0.2) is 28.5 Å². The molecule has 1 aromatic rings. The van der Waals surface area contributed by atoms with E-state index in [1.165, 1.54) is 17.8 Å². The van der Waals surface area contributed by atoms with E-state index in [9.17, 15) is 9.18 Å². The lowest BCUT2D eigenvalue weighted by Gasteiger charge is -2.37. The zero-order chi connectivity index (χ0) is 19.4. The molecule has 0 bridgehead atoms. The minimum absolute atomic E-state index is 0.114. The van der Waals surface area contributed by atoms with Gasteiger partial charge in [0, 0.05) is 29.5 Å². The molecule has 7 heteroatoms. The van der Waals surface area contributed by atoms with Crippen molar-refractivity contribution in [2.45, 2.75) is 37.9 Å². The molecule has 1 amide bonds. The van der Waals surface area contributed by atoms with E-state index in [0.717, 1.165) is 17.7 Å². The fourth-order valence-electron chi connectivity index (χ4n) is 3.44. The van der Waals surface area contributed by atoms with Gasteiger partial charge in [0.25, 0.3) is 0 Å². The average Bonchev–Trinajstić information content (AvgIpc) is 2.61. The number of thioether (sulfide) groups is 1. The number of amides is 1. The zero-order valence-corrected chi connectivity index (χ0v) is 16.1. The normalized spacial score (nSPS) is 27.6. The van der Waals surface area contributed by atoms with E-state index < -0.39 is 17.6 Å². The molecule has 0 fully saturated rings. The average molecular weight is 389 g/mol. The van der Waals surface area contributed by atoms with Crippen LogP contribution in [0.4, 0.5) is 10.1 Å². The van der Waals surface area contributed by atoms with Crippen LogP contribution in [0.2, 0.25) is 0 Å². The highest BCUT2D eigenvalue weighted by atomic mass is 32.2. The zero-order valence-electron chi connectivity index (χ0n) is 15.3. The van der Waals surface area contributed by atoms with Crippen molar-refractivity contribution in [1.82, 2.24) is 5.32 Å². The Bertz CT molecular complexity index is 807. The first kappa shape index (κ1) is 19.5. The Morgan fingerprint density at radius 1 is 1.44 bits per heavy atom. The van der Waals surface area contributed by atoms with E-state index in [4.69, 9.17) is 11.5 Å². The van der Waals surface area contributed by atoms with Gasteiger partial charge in [0.2, 0.25) is 5.91 Å². The number of anilines is 1. The van der Waals surface area contributed by atoms with Crippen LogP contribution in [0.5, 0.6) is 0 Å². The quantitative estimate of drug-likeness (QED) is 0.676. The fourth-order valence-corrected chi connectivity index (χ4v) is 4.43. The van der Waals surface area contributed by atoms with E-state index >= 15 is 0 Å². The van der Waals surface area contributed by atoms with Gasteiger partial charge in [-0.3, -0.25) is 9.79 Å². The number of aliphatic imine (C=N–C) groups is 1. The third-order valence-corrected chi connectivity index (χ3v) is 5.77. The number of amidine groups is 1. The number of benzene rings is 1. The van der Waals surface area contributed by atoms with Gasteiger partial charge in [-0.25, -0.2) is 4.39 Å². The molecule has 0 spiro atoms. The summed E-state index contributed by atoms with van der Waals surface area (Å²) in [6.07, 6.45) is 5.39. The number of carbonyl (C=O) groups excluding carboxylic acids is 1. The first-order valence-electron chi connectivity index (χ1n) is 9.02.